The Morgan fingerprint density at radius 1 is 1.00 bits per heavy atom. The molecule has 0 radical (unpaired) electrons. The quantitative estimate of drug-likeness (QED) is 0.178. The number of aromatic nitrogens is 3. The number of hydrogen-bond acceptors (Lipinski definition) is 5. The van der Waals surface area contributed by atoms with Gasteiger partial charge in [-0.05, 0) is 88.1 Å². The van der Waals surface area contributed by atoms with Crippen molar-refractivity contribution >= 4 is 40.4 Å². The molecule has 1 saturated carbocycles. The largest absolute Gasteiger partial charge is 0.465 e. The average molecular weight is 612 g/mol. The number of anilines is 3. The number of alkyl halides is 3. The van der Waals surface area contributed by atoms with Gasteiger partial charge in [-0.25, -0.2) is 19.3 Å². The molecule has 2 aromatic carbocycles. The molecule has 234 valence electrons. The van der Waals surface area contributed by atoms with Gasteiger partial charge in [-0.3, -0.25) is 0 Å². The Hall–Kier alpha value is -4.81. The second kappa shape index (κ2) is 12.8. The Morgan fingerprint density at radius 3 is 2.14 bits per heavy atom. The molecule has 0 unspecified atom stereocenters. The van der Waals surface area contributed by atoms with Crippen molar-refractivity contribution in [3.63, 3.8) is 0 Å². The van der Waals surface area contributed by atoms with E-state index in [0.29, 0.717) is 17.4 Å². The summed E-state index contributed by atoms with van der Waals surface area (Å²) in [6, 6.07) is 13.1. The number of hydrogen-bond donors (Lipinski definition) is 4. The Labute approximate surface area is 253 Å². The van der Waals surface area contributed by atoms with Crippen LogP contribution in [0, 0.1) is 0 Å². The van der Waals surface area contributed by atoms with Crippen LogP contribution >= 0.6 is 0 Å². The molecule has 0 spiro atoms. The van der Waals surface area contributed by atoms with Gasteiger partial charge >= 0.3 is 18.3 Å². The number of halogens is 3. The van der Waals surface area contributed by atoms with Crippen LogP contribution in [-0.4, -0.2) is 49.0 Å². The lowest BCUT2D eigenvalue weighted by molar-refractivity contribution is -0.137. The lowest BCUT2D eigenvalue weighted by Gasteiger charge is -2.27. The molecule has 0 saturated heterocycles. The van der Waals surface area contributed by atoms with E-state index in [-0.39, 0.29) is 17.8 Å². The number of carbonyl (C=O) groups is 2. The minimum Gasteiger partial charge on any atom is -0.465 e. The van der Waals surface area contributed by atoms with E-state index in [4.69, 9.17) is 15.8 Å². The van der Waals surface area contributed by atoms with Crippen LogP contribution < -0.4 is 16.4 Å². The monoisotopic (exact) mass is 611 g/mol. The van der Waals surface area contributed by atoms with Crippen LogP contribution in [0.4, 0.5) is 40.0 Å². The number of rotatable bonds is 6. The van der Waals surface area contributed by atoms with Gasteiger partial charge in [0.2, 0.25) is 0 Å². The van der Waals surface area contributed by atoms with Crippen molar-refractivity contribution in [2.75, 3.05) is 16.4 Å². The molecule has 44 heavy (non-hydrogen) atoms. The molecular formula is C31H36F3N7O3. The van der Waals surface area contributed by atoms with E-state index in [9.17, 15) is 22.8 Å². The maximum absolute atomic E-state index is 12.9. The van der Waals surface area contributed by atoms with Gasteiger partial charge in [0.05, 0.1) is 10.9 Å². The summed E-state index contributed by atoms with van der Waals surface area (Å²) in [7, 11) is 1.81. The summed E-state index contributed by atoms with van der Waals surface area (Å²) in [5.74, 6) is 0.838. The summed E-state index contributed by atoms with van der Waals surface area (Å²) in [4.78, 5) is 29.0. The highest BCUT2D eigenvalue weighted by atomic mass is 19.4. The number of carboxylic acid groups (broad SMARTS) is 1. The van der Waals surface area contributed by atoms with Crippen molar-refractivity contribution in [1.82, 2.24) is 19.7 Å². The van der Waals surface area contributed by atoms with E-state index in [2.05, 4.69) is 15.7 Å². The highest BCUT2D eigenvalue weighted by Crippen LogP contribution is 2.42. The molecule has 0 atom stereocenters. The molecule has 3 amide bonds. The average Bonchev–Trinajstić information content (AvgIpc) is 3.73. The van der Waals surface area contributed by atoms with E-state index in [1.54, 1.807) is 16.8 Å². The van der Waals surface area contributed by atoms with Crippen molar-refractivity contribution in [2.45, 2.75) is 64.7 Å². The van der Waals surface area contributed by atoms with Gasteiger partial charge in [0.25, 0.3) is 0 Å². The van der Waals surface area contributed by atoms with E-state index >= 15 is 0 Å². The maximum Gasteiger partial charge on any atom is 0.416 e. The normalized spacial score (nSPS) is 13.0. The summed E-state index contributed by atoms with van der Waals surface area (Å²) >= 11 is 0. The molecule has 1 aliphatic rings. The van der Waals surface area contributed by atoms with Gasteiger partial charge in [0.1, 0.15) is 0 Å². The lowest BCUT2D eigenvalue weighted by Crippen LogP contribution is -2.40. The number of fused-ring (bicyclic) bond motifs is 1. The van der Waals surface area contributed by atoms with Crippen LogP contribution in [0.25, 0.3) is 22.2 Å². The first-order valence-corrected chi connectivity index (χ1v) is 14.2. The minimum absolute atomic E-state index is 0.0442. The molecule has 10 nitrogen and oxygen atoms in total. The third-order valence-electron chi connectivity index (χ3n) is 7.07. The maximum atomic E-state index is 12.9. The first-order chi connectivity index (χ1) is 20.6. The van der Waals surface area contributed by atoms with Crippen LogP contribution in [0.2, 0.25) is 0 Å². The molecule has 5 rings (SSSR count). The number of urea groups is 1. The first-order valence-electron chi connectivity index (χ1n) is 14.2. The number of aryl methyl sites for hydroxylation is 1. The number of nitrogens with two attached hydrogens (primary N) is 1. The number of nitrogens with zero attached hydrogens (tertiary/aromatic N) is 4. The van der Waals surface area contributed by atoms with Gasteiger partial charge in [-0.1, -0.05) is 18.2 Å². The fourth-order valence-corrected chi connectivity index (χ4v) is 4.95. The van der Waals surface area contributed by atoms with Crippen molar-refractivity contribution in [2.24, 2.45) is 7.05 Å². The zero-order chi connectivity index (χ0) is 32.3. The molecule has 2 aromatic heterocycles. The standard InChI is InChI=1S/C24H21F3N6O.C7H15NO2/c1-33-22-20(21(28)32-33)18(12-19(31-22)14-5-6-14)13-7-9-16(10-8-13)29-23(34)30-17-4-2-3-15(11-17)24(25,26)27;1-5(2)8(6(3)4)7(9)10/h2-4,7-12,14H,5-6H2,1H3,(H2,28,32)(H2,29,30,34);5-6H,1-4H3,(H,9,10). The SMILES string of the molecule is CC(C)N(C(=O)O)C(C)C.Cn1nc(N)c2c(-c3ccc(NC(=O)Nc4cccc(C(F)(F)F)c4)cc3)cc(C3CC3)nc21. The molecule has 13 heteroatoms. The fourth-order valence-electron chi connectivity index (χ4n) is 4.95. The second-order valence-electron chi connectivity index (χ2n) is 11.2. The van der Waals surface area contributed by atoms with Crippen molar-refractivity contribution in [1.29, 1.82) is 0 Å². The predicted molar refractivity (Wildman–Crippen MR) is 165 cm³/mol. The summed E-state index contributed by atoms with van der Waals surface area (Å²) in [5.41, 5.74) is 9.38. The third-order valence-corrected chi connectivity index (χ3v) is 7.07. The van der Waals surface area contributed by atoms with Crippen LogP contribution in [0.15, 0.2) is 54.6 Å². The summed E-state index contributed by atoms with van der Waals surface area (Å²) in [5, 5.41) is 18.8. The molecule has 0 bridgehead atoms. The third kappa shape index (κ3) is 7.57. The highest BCUT2D eigenvalue weighted by molar-refractivity contribution is 6.02. The summed E-state index contributed by atoms with van der Waals surface area (Å²) < 4.78 is 40.3. The number of nitrogens with one attached hydrogen (secondary N) is 2. The number of pyridine rings is 1. The second-order valence-corrected chi connectivity index (χ2v) is 11.2. The van der Waals surface area contributed by atoms with Crippen LogP contribution in [-0.2, 0) is 13.2 Å². The molecule has 2 heterocycles. The Morgan fingerprint density at radius 2 is 1.61 bits per heavy atom. The zero-order valence-corrected chi connectivity index (χ0v) is 25.1. The number of amides is 3. The van der Waals surface area contributed by atoms with Crippen LogP contribution in [0.5, 0.6) is 0 Å². The topological polar surface area (TPSA) is 138 Å². The first kappa shape index (κ1) is 32.1. The predicted octanol–water partition coefficient (Wildman–Crippen LogP) is 7.54. The van der Waals surface area contributed by atoms with Gasteiger partial charge < -0.3 is 26.4 Å². The molecule has 1 aliphatic carbocycles. The Kier molecular flexibility index (Phi) is 9.36. The molecular weight excluding hydrogens is 575 g/mol. The fraction of sp³-hybridized carbons (Fsp3) is 0.355. The molecule has 5 N–H and O–H groups in total. The van der Waals surface area contributed by atoms with Crippen molar-refractivity contribution in [3.8, 4) is 11.1 Å². The Bertz CT molecular complexity index is 1640. The molecule has 4 aromatic rings. The number of carbonyl (C=O) groups excluding carboxylic acids is 1. The van der Waals surface area contributed by atoms with Crippen LogP contribution in [0.3, 0.4) is 0 Å². The van der Waals surface area contributed by atoms with Crippen molar-refractivity contribution in [3.05, 3.63) is 65.9 Å². The number of benzene rings is 2. The summed E-state index contributed by atoms with van der Waals surface area (Å²) in [6.07, 6.45) is -3.12. The van der Waals surface area contributed by atoms with Gasteiger partial charge in [-0.15, -0.1) is 0 Å². The Balaban J connectivity index is 0.000000382. The van der Waals surface area contributed by atoms with E-state index in [1.165, 1.54) is 17.0 Å². The lowest BCUT2D eigenvalue weighted by atomic mass is 10.0. The summed E-state index contributed by atoms with van der Waals surface area (Å²) in [6.45, 7) is 7.48. The van der Waals surface area contributed by atoms with Gasteiger partial charge in [-0.2, -0.15) is 18.3 Å². The van der Waals surface area contributed by atoms with E-state index < -0.39 is 23.9 Å². The smallest absolute Gasteiger partial charge is 0.416 e. The minimum atomic E-state index is -4.49. The van der Waals surface area contributed by atoms with Crippen LogP contribution in [0.1, 0.15) is 57.7 Å². The molecule has 0 aliphatic heterocycles. The van der Waals surface area contributed by atoms with Gasteiger partial charge in [0.15, 0.2) is 11.5 Å². The number of nitrogen functional groups attached to an aromatic ring is 1. The van der Waals surface area contributed by atoms with Crippen molar-refractivity contribution < 1.29 is 27.9 Å². The molecule has 1 fully saturated rings. The van der Waals surface area contributed by atoms with E-state index in [1.807, 2.05) is 52.9 Å². The van der Waals surface area contributed by atoms with Gasteiger partial charge in [0, 0.05) is 42.1 Å². The highest BCUT2D eigenvalue weighted by Gasteiger charge is 2.30. The zero-order valence-electron chi connectivity index (χ0n) is 25.1. The van der Waals surface area contributed by atoms with E-state index in [0.717, 1.165) is 52.8 Å².